The number of hydrogen-bond donors (Lipinski definition) is 1. The van der Waals surface area contributed by atoms with Crippen molar-refractivity contribution in [3.63, 3.8) is 0 Å². The number of carbonyl (C=O) groups excluding carboxylic acids is 1. The summed E-state index contributed by atoms with van der Waals surface area (Å²) in [4.78, 5) is 21.4. The average Bonchev–Trinajstić information content (AvgIpc) is 2.58. The van der Waals surface area contributed by atoms with Gasteiger partial charge in [-0.3, -0.25) is 9.69 Å². The summed E-state index contributed by atoms with van der Waals surface area (Å²) in [6.45, 7) is 8.04. The average molecular weight is 317 g/mol. The van der Waals surface area contributed by atoms with Crippen molar-refractivity contribution in [2.45, 2.75) is 0 Å². The largest absolute Gasteiger partial charge is 0.399 e. The molecule has 0 unspecified atom stereocenters. The molecule has 6 nitrogen and oxygen atoms in total. The molecule has 0 atom stereocenters. The normalized spacial score (nSPS) is 20.7. The van der Waals surface area contributed by atoms with Gasteiger partial charge in [0.05, 0.1) is 6.54 Å². The molecule has 2 N–H and O–H groups in total. The predicted octanol–water partition coefficient (Wildman–Crippen LogP) is 0.165. The van der Waals surface area contributed by atoms with Gasteiger partial charge in [0, 0.05) is 63.7 Å². The Labute approximate surface area is 138 Å². The lowest BCUT2D eigenvalue weighted by Crippen LogP contribution is -2.53. The van der Waals surface area contributed by atoms with Crippen LogP contribution in [0.25, 0.3) is 0 Å². The Balaban J connectivity index is 1.46. The summed E-state index contributed by atoms with van der Waals surface area (Å²) >= 11 is 0. The van der Waals surface area contributed by atoms with Crippen LogP contribution in [0.2, 0.25) is 0 Å². The third-order valence-electron chi connectivity index (χ3n) is 4.85. The van der Waals surface area contributed by atoms with Gasteiger partial charge in [-0.2, -0.15) is 0 Å². The fraction of sp³-hybridized carbons (Fsp3) is 0.588. The molecule has 2 fully saturated rings. The third-order valence-corrected chi connectivity index (χ3v) is 4.85. The number of benzene rings is 1. The smallest absolute Gasteiger partial charge is 0.236 e. The van der Waals surface area contributed by atoms with Crippen LogP contribution < -0.4 is 10.6 Å². The Kier molecular flexibility index (Phi) is 5.03. The monoisotopic (exact) mass is 317 g/mol. The first-order valence-electron chi connectivity index (χ1n) is 8.41. The number of carbonyl (C=O) groups is 1. The summed E-state index contributed by atoms with van der Waals surface area (Å²) in [5.74, 6) is 0.270. The van der Waals surface area contributed by atoms with Gasteiger partial charge in [-0.05, 0) is 31.3 Å². The molecule has 126 valence electrons. The van der Waals surface area contributed by atoms with Gasteiger partial charge in [-0.25, -0.2) is 0 Å². The summed E-state index contributed by atoms with van der Waals surface area (Å²) in [5.41, 5.74) is 7.71. The first-order valence-corrected chi connectivity index (χ1v) is 8.41. The first kappa shape index (κ1) is 16.1. The Bertz CT molecular complexity index is 516. The number of nitrogens with two attached hydrogens (primary N) is 1. The lowest BCUT2D eigenvalue weighted by atomic mass is 10.2. The van der Waals surface area contributed by atoms with Crippen LogP contribution in [0.4, 0.5) is 11.4 Å². The molecule has 2 heterocycles. The van der Waals surface area contributed by atoms with E-state index in [1.54, 1.807) is 0 Å². The number of nitrogen functional groups attached to an aromatic ring is 1. The number of rotatable bonds is 3. The van der Waals surface area contributed by atoms with E-state index in [1.807, 2.05) is 17.0 Å². The van der Waals surface area contributed by atoms with E-state index in [0.29, 0.717) is 6.54 Å². The standard InChI is InChI=1S/C17H27N5O/c1-19-6-8-20(9-7-19)14-17(23)22-12-10-21(11-13-22)16-4-2-15(18)3-5-16/h2-5H,6-14,18H2,1H3. The number of anilines is 2. The van der Waals surface area contributed by atoms with Crippen molar-refractivity contribution in [2.24, 2.45) is 0 Å². The van der Waals surface area contributed by atoms with Gasteiger partial charge < -0.3 is 20.4 Å². The highest BCUT2D eigenvalue weighted by Crippen LogP contribution is 2.18. The second kappa shape index (κ2) is 7.19. The van der Waals surface area contributed by atoms with Crippen LogP contribution in [0.1, 0.15) is 0 Å². The summed E-state index contributed by atoms with van der Waals surface area (Å²) in [6.07, 6.45) is 0. The zero-order chi connectivity index (χ0) is 16.2. The number of likely N-dealkylation sites (N-methyl/N-ethyl adjacent to an activating group) is 1. The van der Waals surface area contributed by atoms with Crippen molar-refractivity contribution in [1.82, 2.24) is 14.7 Å². The number of amides is 1. The number of hydrogen-bond acceptors (Lipinski definition) is 5. The fourth-order valence-electron chi connectivity index (χ4n) is 3.20. The molecular formula is C17H27N5O. The summed E-state index contributed by atoms with van der Waals surface area (Å²) in [6, 6.07) is 7.97. The van der Waals surface area contributed by atoms with Crippen LogP contribution in [-0.2, 0) is 4.79 Å². The molecule has 2 aliphatic rings. The van der Waals surface area contributed by atoms with Crippen molar-refractivity contribution < 1.29 is 4.79 Å². The highest BCUT2D eigenvalue weighted by atomic mass is 16.2. The van der Waals surface area contributed by atoms with Gasteiger partial charge in [-0.1, -0.05) is 0 Å². The van der Waals surface area contributed by atoms with E-state index in [0.717, 1.165) is 58.0 Å². The fourth-order valence-corrected chi connectivity index (χ4v) is 3.20. The SMILES string of the molecule is CN1CCN(CC(=O)N2CCN(c3ccc(N)cc3)CC2)CC1. The molecule has 6 heteroatoms. The first-order chi connectivity index (χ1) is 11.1. The van der Waals surface area contributed by atoms with E-state index in [9.17, 15) is 4.79 Å². The summed E-state index contributed by atoms with van der Waals surface area (Å²) in [7, 11) is 2.13. The van der Waals surface area contributed by atoms with Crippen molar-refractivity contribution in [2.75, 3.05) is 76.6 Å². The Morgan fingerprint density at radius 1 is 0.957 bits per heavy atom. The summed E-state index contributed by atoms with van der Waals surface area (Å²) < 4.78 is 0. The van der Waals surface area contributed by atoms with E-state index >= 15 is 0 Å². The van der Waals surface area contributed by atoms with Crippen molar-refractivity contribution in [1.29, 1.82) is 0 Å². The quantitative estimate of drug-likeness (QED) is 0.805. The number of nitrogens with zero attached hydrogens (tertiary/aromatic N) is 4. The van der Waals surface area contributed by atoms with Crippen LogP contribution in [-0.4, -0.2) is 86.6 Å². The molecule has 0 aliphatic carbocycles. The third kappa shape index (κ3) is 4.14. The summed E-state index contributed by atoms with van der Waals surface area (Å²) in [5, 5.41) is 0. The van der Waals surface area contributed by atoms with Gasteiger partial charge in [0.2, 0.25) is 5.91 Å². The zero-order valence-electron chi connectivity index (χ0n) is 13.9. The molecule has 0 spiro atoms. The Morgan fingerprint density at radius 3 is 2.17 bits per heavy atom. The molecule has 1 aromatic carbocycles. The second-order valence-electron chi connectivity index (χ2n) is 6.54. The van der Waals surface area contributed by atoms with Gasteiger partial charge in [0.1, 0.15) is 0 Å². The van der Waals surface area contributed by atoms with Gasteiger partial charge in [-0.15, -0.1) is 0 Å². The molecule has 0 aromatic heterocycles. The molecule has 3 rings (SSSR count). The molecule has 0 saturated carbocycles. The number of piperazine rings is 2. The second-order valence-corrected chi connectivity index (χ2v) is 6.54. The zero-order valence-corrected chi connectivity index (χ0v) is 13.9. The molecule has 2 aliphatic heterocycles. The molecule has 1 aromatic rings. The van der Waals surface area contributed by atoms with E-state index in [1.165, 1.54) is 5.69 Å². The Hall–Kier alpha value is -1.79. The van der Waals surface area contributed by atoms with Gasteiger partial charge in [0.15, 0.2) is 0 Å². The van der Waals surface area contributed by atoms with Gasteiger partial charge >= 0.3 is 0 Å². The molecule has 23 heavy (non-hydrogen) atoms. The van der Waals surface area contributed by atoms with Crippen LogP contribution in [0.3, 0.4) is 0 Å². The molecular weight excluding hydrogens is 290 g/mol. The highest BCUT2D eigenvalue weighted by Gasteiger charge is 2.24. The minimum Gasteiger partial charge on any atom is -0.399 e. The molecule has 2 saturated heterocycles. The van der Waals surface area contributed by atoms with E-state index in [2.05, 4.69) is 33.9 Å². The van der Waals surface area contributed by atoms with E-state index < -0.39 is 0 Å². The van der Waals surface area contributed by atoms with Crippen molar-refractivity contribution in [3.8, 4) is 0 Å². The topological polar surface area (TPSA) is 56.0 Å². The van der Waals surface area contributed by atoms with Crippen LogP contribution in [0.5, 0.6) is 0 Å². The minimum absolute atomic E-state index is 0.270. The van der Waals surface area contributed by atoms with Crippen molar-refractivity contribution >= 4 is 17.3 Å². The van der Waals surface area contributed by atoms with Crippen LogP contribution in [0, 0.1) is 0 Å². The molecule has 1 amide bonds. The van der Waals surface area contributed by atoms with Crippen LogP contribution in [0.15, 0.2) is 24.3 Å². The molecule has 0 radical (unpaired) electrons. The van der Waals surface area contributed by atoms with E-state index in [-0.39, 0.29) is 5.91 Å². The maximum Gasteiger partial charge on any atom is 0.236 e. The van der Waals surface area contributed by atoms with Crippen molar-refractivity contribution in [3.05, 3.63) is 24.3 Å². The predicted molar refractivity (Wildman–Crippen MR) is 93.6 cm³/mol. The maximum atomic E-state index is 12.5. The lowest BCUT2D eigenvalue weighted by molar-refractivity contribution is -0.133. The Morgan fingerprint density at radius 2 is 1.57 bits per heavy atom. The maximum absolute atomic E-state index is 12.5. The van der Waals surface area contributed by atoms with Crippen LogP contribution >= 0.6 is 0 Å². The van der Waals surface area contributed by atoms with E-state index in [4.69, 9.17) is 5.73 Å². The highest BCUT2D eigenvalue weighted by molar-refractivity contribution is 5.78. The minimum atomic E-state index is 0.270. The molecule has 0 bridgehead atoms. The van der Waals surface area contributed by atoms with Gasteiger partial charge in [0.25, 0.3) is 0 Å². The lowest BCUT2D eigenvalue weighted by Gasteiger charge is -2.38.